The summed E-state index contributed by atoms with van der Waals surface area (Å²) in [6.45, 7) is 13.6. The summed E-state index contributed by atoms with van der Waals surface area (Å²) in [5.41, 5.74) is 3.54. The molecular weight excluding hydrogens is 406 g/mol. The van der Waals surface area contributed by atoms with E-state index in [0.29, 0.717) is 6.61 Å². The number of ether oxygens (including phenoxy) is 1. The van der Waals surface area contributed by atoms with Crippen molar-refractivity contribution in [2.45, 2.75) is 72.0 Å². The van der Waals surface area contributed by atoms with Crippen LogP contribution in [-0.2, 0) is 17.8 Å². The molecule has 0 amide bonds. The molecule has 2 aliphatic rings. The Bertz CT molecular complexity index is 1100. The van der Waals surface area contributed by atoms with Crippen LogP contribution in [0.4, 0.5) is 11.6 Å². The molecule has 6 nitrogen and oxygen atoms in total. The molecule has 0 N–H and O–H groups in total. The molecule has 3 aromatic heterocycles. The fourth-order valence-corrected chi connectivity index (χ4v) is 6.13. The fourth-order valence-electron chi connectivity index (χ4n) is 4.96. The summed E-state index contributed by atoms with van der Waals surface area (Å²) < 4.78 is 7.42. The van der Waals surface area contributed by atoms with Gasteiger partial charge in [0.1, 0.15) is 22.8 Å². The third-order valence-electron chi connectivity index (χ3n) is 6.66. The van der Waals surface area contributed by atoms with E-state index in [-0.39, 0.29) is 5.60 Å². The number of fused-ring (bicyclic) bond motifs is 5. The van der Waals surface area contributed by atoms with Crippen molar-refractivity contribution in [1.29, 1.82) is 0 Å². The molecule has 5 rings (SSSR count). The molecule has 5 heterocycles. The van der Waals surface area contributed by atoms with Gasteiger partial charge in [-0.2, -0.15) is 0 Å². The monoisotopic (exact) mass is 439 g/mol. The number of hydrogen-bond donors (Lipinski definition) is 0. The zero-order valence-corrected chi connectivity index (χ0v) is 20.0. The van der Waals surface area contributed by atoms with Crippen LogP contribution in [0.15, 0.2) is 6.33 Å². The minimum atomic E-state index is -0.176. The number of aromatic nitrogens is 3. The van der Waals surface area contributed by atoms with Gasteiger partial charge >= 0.3 is 0 Å². The molecule has 0 aromatic carbocycles. The Labute approximate surface area is 188 Å². The second-order valence-electron chi connectivity index (χ2n) is 9.40. The van der Waals surface area contributed by atoms with Crippen molar-refractivity contribution in [2.75, 3.05) is 36.0 Å². The smallest absolute Gasteiger partial charge is 0.150 e. The first-order chi connectivity index (χ1) is 15.0. The Morgan fingerprint density at radius 1 is 1.16 bits per heavy atom. The quantitative estimate of drug-likeness (QED) is 0.518. The van der Waals surface area contributed by atoms with Gasteiger partial charge in [-0.15, -0.1) is 11.3 Å². The van der Waals surface area contributed by atoms with E-state index < -0.39 is 0 Å². The highest BCUT2D eigenvalue weighted by molar-refractivity contribution is 7.26. The van der Waals surface area contributed by atoms with Crippen molar-refractivity contribution in [2.24, 2.45) is 0 Å². The Morgan fingerprint density at radius 3 is 2.71 bits per heavy atom. The van der Waals surface area contributed by atoms with Crippen LogP contribution in [-0.4, -0.2) is 46.7 Å². The van der Waals surface area contributed by atoms with Crippen molar-refractivity contribution >= 4 is 43.4 Å². The highest BCUT2D eigenvalue weighted by Crippen LogP contribution is 2.44. The summed E-state index contributed by atoms with van der Waals surface area (Å²) in [5.74, 6) is 2.20. The van der Waals surface area contributed by atoms with Gasteiger partial charge in [0.05, 0.1) is 22.4 Å². The van der Waals surface area contributed by atoms with Crippen LogP contribution in [0.25, 0.3) is 20.4 Å². The molecular formula is C24H33N5OS. The van der Waals surface area contributed by atoms with Crippen molar-refractivity contribution in [3.63, 3.8) is 0 Å². The summed E-state index contributed by atoms with van der Waals surface area (Å²) in [7, 11) is 0. The summed E-state index contributed by atoms with van der Waals surface area (Å²) in [6, 6.07) is 0. The van der Waals surface area contributed by atoms with E-state index >= 15 is 0 Å². The molecule has 0 atom stereocenters. The molecule has 3 aromatic rings. The van der Waals surface area contributed by atoms with E-state index in [1.54, 1.807) is 17.7 Å². The van der Waals surface area contributed by atoms with E-state index in [4.69, 9.17) is 19.7 Å². The summed E-state index contributed by atoms with van der Waals surface area (Å²) in [6.07, 6.45) is 7.46. The maximum Gasteiger partial charge on any atom is 0.150 e. The fraction of sp³-hybridized carbons (Fsp3) is 0.625. The highest BCUT2D eigenvalue weighted by Gasteiger charge is 2.33. The molecule has 31 heavy (non-hydrogen) atoms. The second-order valence-corrected chi connectivity index (χ2v) is 10.4. The van der Waals surface area contributed by atoms with E-state index in [2.05, 4.69) is 37.5 Å². The molecule has 2 aliphatic heterocycles. The van der Waals surface area contributed by atoms with E-state index in [0.717, 1.165) is 54.6 Å². The average Bonchev–Trinajstić information content (AvgIpc) is 3.41. The minimum absolute atomic E-state index is 0.176. The van der Waals surface area contributed by atoms with Crippen LogP contribution in [0.3, 0.4) is 0 Å². The van der Waals surface area contributed by atoms with Crippen molar-refractivity contribution in [3.8, 4) is 0 Å². The lowest BCUT2D eigenvalue weighted by atomic mass is 9.90. The van der Waals surface area contributed by atoms with Gasteiger partial charge in [-0.25, -0.2) is 15.0 Å². The van der Waals surface area contributed by atoms with Gasteiger partial charge < -0.3 is 14.5 Å². The second kappa shape index (κ2) is 8.17. The van der Waals surface area contributed by atoms with Gasteiger partial charge in [-0.3, -0.25) is 0 Å². The van der Waals surface area contributed by atoms with Gasteiger partial charge in [0, 0.05) is 43.5 Å². The maximum atomic E-state index is 6.25. The Hall–Kier alpha value is -1.99. The lowest BCUT2D eigenvalue weighted by molar-refractivity contribution is -0.0395. The van der Waals surface area contributed by atoms with Crippen LogP contribution >= 0.6 is 11.3 Å². The number of thiophene rings is 1. The molecule has 1 saturated heterocycles. The minimum Gasteiger partial charge on any atom is -0.370 e. The summed E-state index contributed by atoms with van der Waals surface area (Å²) in [5, 5.41) is 1.23. The van der Waals surface area contributed by atoms with Gasteiger partial charge in [0.25, 0.3) is 0 Å². The lowest BCUT2D eigenvalue weighted by Crippen LogP contribution is -2.33. The lowest BCUT2D eigenvalue weighted by Gasteiger charge is -2.34. The number of anilines is 2. The van der Waals surface area contributed by atoms with Crippen LogP contribution in [0.2, 0.25) is 0 Å². The zero-order valence-electron chi connectivity index (χ0n) is 19.2. The Kier molecular flexibility index (Phi) is 5.51. The van der Waals surface area contributed by atoms with Crippen molar-refractivity contribution in [1.82, 2.24) is 15.0 Å². The van der Waals surface area contributed by atoms with E-state index in [1.807, 2.05) is 0 Å². The third-order valence-corrected chi connectivity index (χ3v) is 7.72. The SMILES string of the molecule is CCCCN(CC)c1ncnc2c1sc1nc(N3CCCC3)c3c(c12)CC(C)(C)OC3. The predicted octanol–water partition coefficient (Wildman–Crippen LogP) is 5.32. The summed E-state index contributed by atoms with van der Waals surface area (Å²) in [4.78, 5) is 20.7. The first-order valence-corrected chi connectivity index (χ1v) is 12.6. The normalized spacial score (nSPS) is 18.1. The standard InChI is InChI=1S/C24H33N5OS/c1-5-7-10-28(6-2)22-20-19(25-15-26-22)18-16-13-24(3,4)30-14-17(16)21(27-23(18)31-20)29-11-8-9-12-29/h15H,5-14H2,1-4H3. The van der Waals surface area contributed by atoms with Crippen molar-refractivity contribution in [3.05, 3.63) is 17.5 Å². The van der Waals surface area contributed by atoms with Gasteiger partial charge in [0.2, 0.25) is 0 Å². The molecule has 1 fully saturated rings. The molecule has 0 bridgehead atoms. The molecule has 0 spiro atoms. The van der Waals surface area contributed by atoms with Gasteiger partial charge in [-0.05, 0) is 45.6 Å². The zero-order chi connectivity index (χ0) is 21.6. The van der Waals surface area contributed by atoms with E-state index in [9.17, 15) is 0 Å². The van der Waals surface area contributed by atoms with Crippen LogP contribution < -0.4 is 9.80 Å². The molecule has 0 unspecified atom stereocenters. The van der Waals surface area contributed by atoms with Gasteiger partial charge in [0.15, 0.2) is 0 Å². The Morgan fingerprint density at radius 2 is 1.97 bits per heavy atom. The first kappa shape index (κ1) is 20.9. The van der Waals surface area contributed by atoms with Crippen LogP contribution in [0, 0.1) is 0 Å². The van der Waals surface area contributed by atoms with Crippen LogP contribution in [0.5, 0.6) is 0 Å². The topological polar surface area (TPSA) is 54.4 Å². The molecule has 0 aliphatic carbocycles. The number of unbranched alkanes of at least 4 members (excludes halogenated alkanes) is 1. The number of rotatable bonds is 6. The molecule has 7 heteroatoms. The third kappa shape index (κ3) is 3.65. The molecule has 0 saturated carbocycles. The Balaban J connectivity index is 1.74. The number of pyridine rings is 1. The number of nitrogens with zero attached hydrogens (tertiary/aromatic N) is 5. The van der Waals surface area contributed by atoms with Crippen LogP contribution in [0.1, 0.15) is 64.5 Å². The van der Waals surface area contributed by atoms with E-state index in [1.165, 1.54) is 46.9 Å². The summed E-state index contributed by atoms with van der Waals surface area (Å²) >= 11 is 1.77. The van der Waals surface area contributed by atoms with Crippen molar-refractivity contribution < 1.29 is 4.74 Å². The average molecular weight is 440 g/mol. The number of hydrogen-bond acceptors (Lipinski definition) is 7. The predicted molar refractivity (Wildman–Crippen MR) is 130 cm³/mol. The maximum absolute atomic E-state index is 6.25. The highest BCUT2D eigenvalue weighted by atomic mass is 32.1. The molecule has 166 valence electrons. The van der Waals surface area contributed by atoms with Gasteiger partial charge in [-0.1, -0.05) is 13.3 Å². The largest absolute Gasteiger partial charge is 0.370 e. The first-order valence-electron chi connectivity index (χ1n) is 11.7. The molecule has 0 radical (unpaired) electrons.